The van der Waals surface area contributed by atoms with Crippen molar-refractivity contribution in [2.75, 3.05) is 77.0 Å². The van der Waals surface area contributed by atoms with Gasteiger partial charge in [0, 0.05) is 76.0 Å². The van der Waals surface area contributed by atoms with Gasteiger partial charge < -0.3 is 19.9 Å². The number of hydrogen-bond donors (Lipinski definition) is 1. The highest BCUT2D eigenvalue weighted by molar-refractivity contribution is 7.89. The molecule has 0 radical (unpaired) electrons. The maximum atomic E-state index is 13.1. The van der Waals surface area contributed by atoms with Crippen molar-refractivity contribution >= 4 is 72.7 Å². The van der Waals surface area contributed by atoms with Crippen molar-refractivity contribution in [2.45, 2.75) is 18.7 Å². The fourth-order valence-electron chi connectivity index (χ4n) is 5.07. The van der Waals surface area contributed by atoms with Crippen LogP contribution in [0.15, 0.2) is 41.3 Å². The molecule has 2 aliphatic rings. The summed E-state index contributed by atoms with van der Waals surface area (Å²) in [6, 6.07) is 9.92. The first kappa shape index (κ1) is 33.2. The number of nitrogens with one attached hydrogen (secondary N) is 1. The highest BCUT2D eigenvalue weighted by Gasteiger charge is 2.30. The van der Waals surface area contributed by atoms with E-state index in [4.69, 9.17) is 21.3 Å². The lowest BCUT2D eigenvalue weighted by molar-refractivity contribution is 0.0932. The first-order valence-electron chi connectivity index (χ1n) is 14.0. The Hall–Kier alpha value is -2.68. The normalized spacial score (nSPS) is 16.6. The fourth-order valence-corrected chi connectivity index (χ4v) is 7.72. The Morgan fingerprint density at radius 2 is 1.67 bits per heavy atom. The number of aryl methyl sites for hydroxylation is 1. The van der Waals surface area contributed by atoms with Gasteiger partial charge in [0.1, 0.15) is 0 Å². The number of amides is 2. The fraction of sp³-hybridized carbons (Fsp3) is 0.464. The first-order valence-corrected chi connectivity index (χ1v) is 16.6. The van der Waals surface area contributed by atoms with E-state index in [1.54, 1.807) is 18.3 Å². The van der Waals surface area contributed by atoms with Crippen LogP contribution in [0.25, 0.3) is 10.2 Å². The number of aromatic nitrogens is 1. The Morgan fingerprint density at radius 3 is 2.33 bits per heavy atom. The molecule has 234 valence electrons. The number of piperazine rings is 2. The highest BCUT2D eigenvalue weighted by atomic mass is 35.5. The predicted molar refractivity (Wildman–Crippen MR) is 171 cm³/mol. The molecule has 0 atom stereocenters. The van der Waals surface area contributed by atoms with Gasteiger partial charge in [-0.05, 0) is 55.8 Å². The van der Waals surface area contributed by atoms with E-state index in [1.165, 1.54) is 33.5 Å². The molecule has 3 heterocycles. The zero-order valence-electron chi connectivity index (χ0n) is 24.1. The second-order valence-electron chi connectivity index (χ2n) is 10.2. The van der Waals surface area contributed by atoms with Gasteiger partial charge in [-0.3, -0.25) is 9.69 Å². The van der Waals surface area contributed by atoms with E-state index in [9.17, 15) is 18.0 Å². The van der Waals surface area contributed by atoms with Crippen molar-refractivity contribution in [1.29, 1.82) is 0 Å². The van der Waals surface area contributed by atoms with Crippen LogP contribution in [0.3, 0.4) is 0 Å². The van der Waals surface area contributed by atoms with E-state index in [2.05, 4.69) is 15.1 Å². The molecule has 0 unspecified atom stereocenters. The molecule has 0 bridgehead atoms. The second kappa shape index (κ2) is 14.4. The number of benzene rings is 2. The molecule has 2 aliphatic heterocycles. The Morgan fingerprint density at radius 1 is 1.00 bits per heavy atom. The number of anilines is 1. The van der Waals surface area contributed by atoms with E-state index in [0.717, 1.165) is 58.7 Å². The predicted octanol–water partition coefficient (Wildman–Crippen LogP) is 3.69. The van der Waals surface area contributed by atoms with Gasteiger partial charge in [-0.2, -0.15) is 4.31 Å². The number of thiazole rings is 1. The lowest BCUT2D eigenvalue weighted by Crippen LogP contribution is -2.50. The van der Waals surface area contributed by atoms with Crippen molar-refractivity contribution in [3.8, 4) is 0 Å². The van der Waals surface area contributed by atoms with Gasteiger partial charge in [0.05, 0.1) is 21.7 Å². The number of halogens is 2. The van der Waals surface area contributed by atoms with Crippen molar-refractivity contribution < 1.29 is 22.7 Å². The molecule has 0 aliphatic carbocycles. The Balaban J connectivity index is 0.00000423. The largest absolute Gasteiger partial charge is 0.450 e. The lowest BCUT2D eigenvalue weighted by Gasteiger charge is -2.34. The summed E-state index contributed by atoms with van der Waals surface area (Å²) in [5.41, 5.74) is 2.37. The molecule has 0 spiro atoms. The molecule has 2 saturated heterocycles. The molecule has 11 nitrogen and oxygen atoms in total. The molecular weight excluding hydrogens is 635 g/mol. The molecule has 15 heteroatoms. The second-order valence-corrected chi connectivity index (χ2v) is 13.6. The SMILES string of the molecule is CCOC(=O)N1CCN(S(=O)(=O)c2ccc(C(=O)NCCN3CCN(c4nc5c(C)c(Cl)ccc5s4)CC3)cc2)CC1.Cl. The van der Waals surface area contributed by atoms with Gasteiger partial charge in [0.15, 0.2) is 5.13 Å². The third-order valence-corrected chi connectivity index (χ3v) is 11.0. The van der Waals surface area contributed by atoms with Crippen LogP contribution in [-0.4, -0.2) is 112 Å². The molecule has 2 fully saturated rings. The summed E-state index contributed by atoms with van der Waals surface area (Å²) < 4.78 is 33.6. The van der Waals surface area contributed by atoms with E-state index in [1.807, 2.05) is 19.1 Å². The summed E-state index contributed by atoms with van der Waals surface area (Å²) in [6.07, 6.45) is -0.433. The van der Waals surface area contributed by atoms with Crippen LogP contribution in [-0.2, 0) is 14.8 Å². The Kier molecular flexibility index (Phi) is 11.1. The number of fused-ring (bicyclic) bond motifs is 1. The van der Waals surface area contributed by atoms with Crippen LogP contribution in [0.4, 0.5) is 9.93 Å². The number of ether oxygens (including phenoxy) is 1. The quantitative estimate of drug-likeness (QED) is 0.386. The van der Waals surface area contributed by atoms with Crippen molar-refractivity contribution in [1.82, 2.24) is 24.4 Å². The highest BCUT2D eigenvalue weighted by Crippen LogP contribution is 2.33. The smallest absolute Gasteiger partial charge is 0.409 e. The summed E-state index contributed by atoms with van der Waals surface area (Å²) in [6.45, 7) is 9.57. The van der Waals surface area contributed by atoms with Crippen molar-refractivity contribution in [2.24, 2.45) is 0 Å². The Labute approximate surface area is 267 Å². The van der Waals surface area contributed by atoms with Gasteiger partial charge in [0.2, 0.25) is 10.0 Å². The maximum Gasteiger partial charge on any atom is 0.409 e. The van der Waals surface area contributed by atoms with Crippen LogP contribution >= 0.6 is 35.3 Å². The number of nitrogens with zero attached hydrogens (tertiary/aromatic N) is 5. The number of sulfonamides is 1. The minimum atomic E-state index is -3.73. The van der Waals surface area contributed by atoms with Gasteiger partial charge in [-0.25, -0.2) is 18.2 Å². The molecule has 0 saturated carbocycles. The summed E-state index contributed by atoms with van der Waals surface area (Å²) in [5, 5.41) is 4.68. The van der Waals surface area contributed by atoms with Gasteiger partial charge in [-0.1, -0.05) is 22.9 Å². The molecule has 1 aromatic heterocycles. The lowest BCUT2D eigenvalue weighted by atomic mass is 10.2. The third-order valence-electron chi connectivity index (χ3n) is 7.61. The minimum Gasteiger partial charge on any atom is -0.450 e. The number of rotatable bonds is 8. The molecule has 1 N–H and O–H groups in total. The minimum absolute atomic E-state index is 0. The van der Waals surface area contributed by atoms with Gasteiger partial charge in [0.25, 0.3) is 5.91 Å². The van der Waals surface area contributed by atoms with Crippen LogP contribution in [0.5, 0.6) is 0 Å². The van der Waals surface area contributed by atoms with E-state index in [-0.39, 0.29) is 56.0 Å². The summed E-state index contributed by atoms with van der Waals surface area (Å²) in [7, 11) is -3.73. The first-order chi connectivity index (χ1) is 20.2. The standard InChI is InChI=1S/C28H35ClN6O5S2.ClH/c1-3-40-28(37)34-16-18-35(19-17-34)42(38,39)22-6-4-21(5-7-22)26(36)30-10-11-32-12-14-33(15-13-32)27-31-25-20(2)23(29)8-9-24(25)41-27;/h4-9H,3,10-19H2,1-2H3,(H,30,36);1H. The van der Waals surface area contributed by atoms with Crippen LogP contribution in [0.2, 0.25) is 5.02 Å². The summed E-state index contributed by atoms with van der Waals surface area (Å²) in [4.78, 5) is 35.7. The number of carbonyl (C=O) groups excluding carboxylic acids is 2. The van der Waals surface area contributed by atoms with Gasteiger partial charge in [-0.15, -0.1) is 12.4 Å². The third kappa shape index (κ3) is 7.52. The molecule has 3 aromatic rings. The topological polar surface area (TPSA) is 115 Å². The zero-order valence-corrected chi connectivity index (χ0v) is 27.3. The van der Waals surface area contributed by atoms with Crippen molar-refractivity contribution in [3.05, 3.63) is 52.5 Å². The maximum absolute atomic E-state index is 13.1. The molecule has 5 rings (SSSR count). The number of hydrogen-bond acceptors (Lipinski definition) is 9. The van der Waals surface area contributed by atoms with Crippen LogP contribution < -0.4 is 10.2 Å². The molecule has 43 heavy (non-hydrogen) atoms. The Bertz CT molecular complexity index is 1540. The summed E-state index contributed by atoms with van der Waals surface area (Å²) >= 11 is 7.94. The number of carbonyl (C=O) groups is 2. The van der Waals surface area contributed by atoms with E-state index >= 15 is 0 Å². The average molecular weight is 672 g/mol. The molecule has 2 amide bonds. The monoisotopic (exact) mass is 670 g/mol. The van der Waals surface area contributed by atoms with E-state index < -0.39 is 16.1 Å². The molecule has 2 aromatic carbocycles. The van der Waals surface area contributed by atoms with Crippen LogP contribution in [0, 0.1) is 6.92 Å². The van der Waals surface area contributed by atoms with Crippen molar-refractivity contribution in [3.63, 3.8) is 0 Å². The zero-order chi connectivity index (χ0) is 29.9. The van der Waals surface area contributed by atoms with Crippen LogP contribution in [0.1, 0.15) is 22.8 Å². The summed E-state index contributed by atoms with van der Waals surface area (Å²) in [5.74, 6) is -0.246. The van der Waals surface area contributed by atoms with E-state index in [0.29, 0.717) is 12.1 Å². The van der Waals surface area contributed by atoms with Gasteiger partial charge >= 0.3 is 6.09 Å². The average Bonchev–Trinajstić information content (AvgIpc) is 3.45. The molecular formula is C28H36Cl2N6O5S2.